The maximum atomic E-state index is 13.8. The molecule has 1 heterocycles. The van der Waals surface area contributed by atoms with E-state index in [0.29, 0.717) is 5.02 Å². The van der Waals surface area contributed by atoms with E-state index in [1.807, 2.05) is 42.5 Å². The topological polar surface area (TPSA) is 49.4 Å². The van der Waals surface area contributed by atoms with Crippen LogP contribution in [0.3, 0.4) is 0 Å². The molecule has 1 aliphatic carbocycles. The van der Waals surface area contributed by atoms with Crippen LogP contribution in [0.25, 0.3) is 0 Å². The van der Waals surface area contributed by atoms with Crippen molar-refractivity contribution in [3.63, 3.8) is 0 Å². The Kier molecular flexibility index (Phi) is 6.96. The lowest BCUT2D eigenvalue weighted by atomic mass is 9.79. The van der Waals surface area contributed by atoms with Gasteiger partial charge in [0.1, 0.15) is 6.54 Å². The van der Waals surface area contributed by atoms with Crippen molar-refractivity contribution in [3.8, 4) is 0 Å². The fraction of sp³-hybridized carbons (Fsp3) is 0.462. The van der Waals surface area contributed by atoms with Crippen molar-refractivity contribution in [1.82, 2.24) is 4.90 Å². The van der Waals surface area contributed by atoms with Crippen molar-refractivity contribution in [2.45, 2.75) is 57.9 Å². The van der Waals surface area contributed by atoms with E-state index in [1.54, 1.807) is 11.0 Å². The number of nitrogens with zero attached hydrogens (tertiary/aromatic N) is 1. The van der Waals surface area contributed by atoms with Gasteiger partial charge in [0.25, 0.3) is 0 Å². The normalized spacial score (nSPS) is 23.6. The summed E-state index contributed by atoms with van der Waals surface area (Å²) in [7, 11) is 0. The van der Waals surface area contributed by atoms with Crippen LogP contribution in [-0.4, -0.2) is 23.3 Å². The number of hydrogen-bond acceptors (Lipinski definition) is 2. The Morgan fingerprint density at radius 2 is 1.84 bits per heavy atom. The number of benzene rings is 2. The molecular formula is C26H31ClN2O2. The molecule has 1 aliphatic heterocycles. The molecule has 1 saturated carbocycles. The van der Waals surface area contributed by atoms with Crippen LogP contribution in [0.1, 0.15) is 69.0 Å². The summed E-state index contributed by atoms with van der Waals surface area (Å²) in [4.78, 5) is 28.3. The highest BCUT2D eigenvalue weighted by Crippen LogP contribution is 2.40. The molecule has 4 nitrogen and oxygen atoms in total. The Labute approximate surface area is 190 Å². The second kappa shape index (κ2) is 9.86. The highest BCUT2D eigenvalue weighted by atomic mass is 35.5. The SMILES string of the molecule is CCCCC1CCC(C(=O)N2CC(=O)Nc3ccc(Cl)cc3C2c2ccccc2)CC1. The number of hydrogen-bond donors (Lipinski definition) is 1. The molecule has 0 aromatic heterocycles. The van der Waals surface area contributed by atoms with E-state index >= 15 is 0 Å². The molecule has 0 saturated heterocycles. The van der Waals surface area contributed by atoms with Crippen molar-refractivity contribution >= 4 is 29.1 Å². The summed E-state index contributed by atoms with van der Waals surface area (Å²) in [6, 6.07) is 15.1. The predicted octanol–water partition coefficient (Wildman–Crippen LogP) is 6.21. The van der Waals surface area contributed by atoms with Gasteiger partial charge in [-0.15, -0.1) is 0 Å². The van der Waals surface area contributed by atoms with Crippen LogP contribution >= 0.6 is 11.6 Å². The first-order valence-corrected chi connectivity index (χ1v) is 11.9. The Balaban J connectivity index is 1.64. The van der Waals surface area contributed by atoms with E-state index in [-0.39, 0.29) is 30.3 Å². The lowest BCUT2D eigenvalue weighted by molar-refractivity contribution is -0.141. The summed E-state index contributed by atoms with van der Waals surface area (Å²) in [5, 5.41) is 3.57. The first kappa shape index (κ1) is 21.9. The van der Waals surface area contributed by atoms with E-state index in [1.165, 1.54) is 19.3 Å². The predicted molar refractivity (Wildman–Crippen MR) is 125 cm³/mol. The smallest absolute Gasteiger partial charge is 0.244 e. The number of unbranched alkanes of at least 4 members (excludes halogenated alkanes) is 1. The number of carbonyl (C=O) groups is 2. The first-order chi connectivity index (χ1) is 15.1. The van der Waals surface area contributed by atoms with Gasteiger partial charge in [0.2, 0.25) is 11.8 Å². The number of halogens is 1. The van der Waals surface area contributed by atoms with Crippen LogP contribution in [0.15, 0.2) is 48.5 Å². The Morgan fingerprint density at radius 3 is 2.55 bits per heavy atom. The molecule has 1 fully saturated rings. The molecule has 164 valence electrons. The average Bonchev–Trinajstić information content (AvgIpc) is 2.93. The van der Waals surface area contributed by atoms with E-state index in [9.17, 15) is 9.59 Å². The van der Waals surface area contributed by atoms with Crippen LogP contribution < -0.4 is 5.32 Å². The molecule has 31 heavy (non-hydrogen) atoms. The molecular weight excluding hydrogens is 408 g/mol. The summed E-state index contributed by atoms with van der Waals surface area (Å²) in [5.41, 5.74) is 2.59. The van der Waals surface area contributed by atoms with Gasteiger partial charge < -0.3 is 10.2 Å². The summed E-state index contributed by atoms with van der Waals surface area (Å²) >= 11 is 6.34. The largest absolute Gasteiger partial charge is 0.324 e. The molecule has 0 radical (unpaired) electrons. The standard InChI is InChI=1S/C26H31ClN2O2/c1-2-3-7-18-10-12-20(13-11-18)26(31)29-17-24(30)28-23-15-14-21(27)16-22(23)25(29)19-8-5-4-6-9-19/h4-6,8-9,14-16,18,20,25H,2-3,7,10-13,17H2,1H3,(H,28,30). The molecule has 4 rings (SSSR count). The highest BCUT2D eigenvalue weighted by molar-refractivity contribution is 6.30. The fourth-order valence-corrected chi connectivity index (χ4v) is 5.28. The quantitative estimate of drug-likeness (QED) is 0.603. The molecule has 2 aromatic carbocycles. The van der Waals surface area contributed by atoms with Crippen molar-refractivity contribution in [1.29, 1.82) is 0 Å². The van der Waals surface area contributed by atoms with Crippen LogP contribution in [0, 0.1) is 11.8 Å². The van der Waals surface area contributed by atoms with Gasteiger partial charge in [-0.1, -0.05) is 68.1 Å². The number of carbonyl (C=O) groups excluding carboxylic acids is 2. The summed E-state index contributed by atoms with van der Waals surface area (Å²) in [6.45, 7) is 2.29. The van der Waals surface area contributed by atoms with Crippen molar-refractivity contribution in [3.05, 3.63) is 64.7 Å². The number of amides is 2. The fourth-order valence-electron chi connectivity index (χ4n) is 5.10. The Morgan fingerprint density at radius 1 is 1.10 bits per heavy atom. The van der Waals surface area contributed by atoms with Gasteiger partial charge in [-0.25, -0.2) is 0 Å². The van der Waals surface area contributed by atoms with E-state index in [2.05, 4.69) is 12.2 Å². The third kappa shape index (κ3) is 4.95. The van der Waals surface area contributed by atoms with Crippen LogP contribution in [0.5, 0.6) is 0 Å². The van der Waals surface area contributed by atoms with E-state index in [0.717, 1.165) is 48.4 Å². The Hall–Kier alpha value is -2.33. The Bertz CT molecular complexity index is 922. The van der Waals surface area contributed by atoms with Crippen molar-refractivity contribution in [2.75, 3.05) is 11.9 Å². The molecule has 2 amide bonds. The third-order valence-corrected chi connectivity index (χ3v) is 7.00. The molecule has 2 aliphatic rings. The summed E-state index contributed by atoms with van der Waals surface area (Å²) in [6.07, 6.45) is 7.79. The molecule has 0 bridgehead atoms. The minimum atomic E-state index is -0.334. The monoisotopic (exact) mass is 438 g/mol. The number of rotatable bonds is 5. The lowest BCUT2D eigenvalue weighted by Crippen LogP contribution is -2.43. The van der Waals surface area contributed by atoms with Gasteiger partial charge >= 0.3 is 0 Å². The van der Waals surface area contributed by atoms with Crippen molar-refractivity contribution in [2.24, 2.45) is 11.8 Å². The van der Waals surface area contributed by atoms with E-state index < -0.39 is 0 Å². The molecule has 1 unspecified atom stereocenters. The molecule has 2 aromatic rings. The maximum Gasteiger partial charge on any atom is 0.244 e. The third-order valence-electron chi connectivity index (χ3n) is 6.77. The molecule has 1 atom stereocenters. The maximum absolute atomic E-state index is 13.8. The summed E-state index contributed by atoms with van der Waals surface area (Å²) < 4.78 is 0. The van der Waals surface area contributed by atoms with Crippen LogP contribution in [-0.2, 0) is 9.59 Å². The average molecular weight is 439 g/mol. The van der Waals surface area contributed by atoms with E-state index in [4.69, 9.17) is 11.6 Å². The first-order valence-electron chi connectivity index (χ1n) is 11.5. The molecule has 0 spiro atoms. The number of fused-ring (bicyclic) bond motifs is 1. The zero-order valence-corrected chi connectivity index (χ0v) is 18.9. The van der Waals surface area contributed by atoms with Gasteiger partial charge in [0, 0.05) is 22.2 Å². The van der Waals surface area contributed by atoms with Crippen LogP contribution in [0.4, 0.5) is 5.69 Å². The highest BCUT2D eigenvalue weighted by Gasteiger charge is 2.37. The zero-order chi connectivity index (χ0) is 21.8. The van der Waals surface area contributed by atoms with Gasteiger partial charge in [0.15, 0.2) is 0 Å². The van der Waals surface area contributed by atoms with Gasteiger partial charge in [-0.2, -0.15) is 0 Å². The van der Waals surface area contributed by atoms with Crippen molar-refractivity contribution < 1.29 is 9.59 Å². The molecule has 1 N–H and O–H groups in total. The number of nitrogens with one attached hydrogen (secondary N) is 1. The minimum absolute atomic E-state index is 0.0161. The number of anilines is 1. The lowest BCUT2D eigenvalue weighted by Gasteiger charge is -2.36. The zero-order valence-electron chi connectivity index (χ0n) is 18.1. The second-order valence-corrected chi connectivity index (χ2v) is 9.36. The summed E-state index contributed by atoms with van der Waals surface area (Å²) in [5.74, 6) is 0.649. The van der Waals surface area contributed by atoms with Gasteiger partial charge in [-0.05, 0) is 55.4 Å². The minimum Gasteiger partial charge on any atom is -0.324 e. The van der Waals surface area contributed by atoms with Gasteiger partial charge in [-0.3, -0.25) is 9.59 Å². The van der Waals surface area contributed by atoms with Gasteiger partial charge in [0.05, 0.1) is 6.04 Å². The molecule has 5 heteroatoms. The van der Waals surface area contributed by atoms with Crippen LogP contribution in [0.2, 0.25) is 5.02 Å². The second-order valence-electron chi connectivity index (χ2n) is 8.92.